The first-order valence-corrected chi connectivity index (χ1v) is 9.99. The van der Waals surface area contributed by atoms with Crippen LogP contribution in [0, 0.1) is 5.41 Å². The second-order valence-corrected chi connectivity index (χ2v) is 9.69. The topological polar surface area (TPSA) is 63.8 Å². The molecule has 1 unspecified atom stereocenters. The second-order valence-electron chi connectivity index (χ2n) is 9.69. The molecule has 5 nitrogen and oxygen atoms in total. The van der Waals surface area contributed by atoms with E-state index in [4.69, 9.17) is 9.51 Å². The molecule has 5 heteroatoms. The summed E-state index contributed by atoms with van der Waals surface area (Å²) in [6.07, 6.45) is 8.67. The van der Waals surface area contributed by atoms with Gasteiger partial charge in [0.25, 0.3) is 0 Å². The smallest absolute Gasteiger partial charge is 0.232 e. The van der Waals surface area contributed by atoms with E-state index in [1.165, 1.54) is 56.3 Å². The summed E-state index contributed by atoms with van der Waals surface area (Å²) in [5.74, 6) is 2.67. The van der Waals surface area contributed by atoms with Crippen LogP contribution in [0.5, 0.6) is 0 Å². The summed E-state index contributed by atoms with van der Waals surface area (Å²) in [7, 11) is 0. The van der Waals surface area contributed by atoms with E-state index < -0.39 is 0 Å². The van der Waals surface area contributed by atoms with Crippen molar-refractivity contribution in [2.24, 2.45) is 5.41 Å². The molecule has 2 aromatic rings. The van der Waals surface area contributed by atoms with Crippen molar-refractivity contribution in [3.05, 3.63) is 29.3 Å². The third-order valence-electron chi connectivity index (χ3n) is 6.42. The molecule has 0 bridgehead atoms. The zero-order valence-corrected chi connectivity index (χ0v) is 16.0. The zero-order chi connectivity index (χ0) is 17.9. The minimum Gasteiger partial charge on any atom is -0.338 e. The summed E-state index contributed by atoms with van der Waals surface area (Å²) in [4.78, 5) is 9.33. The first-order valence-electron chi connectivity index (χ1n) is 9.99. The van der Waals surface area contributed by atoms with Crippen molar-refractivity contribution in [2.45, 2.75) is 70.1 Å². The predicted molar refractivity (Wildman–Crippen MR) is 100 cm³/mol. The highest BCUT2D eigenvalue weighted by atomic mass is 16.5. The van der Waals surface area contributed by atoms with Gasteiger partial charge in [-0.05, 0) is 66.5 Å². The Morgan fingerprint density at radius 2 is 1.92 bits per heavy atom. The molecule has 1 aliphatic heterocycles. The normalized spacial score (nSPS) is 24.8. The van der Waals surface area contributed by atoms with Crippen molar-refractivity contribution < 1.29 is 4.52 Å². The lowest BCUT2D eigenvalue weighted by Crippen LogP contribution is -2.51. The Kier molecular flexibility index (Phi) is 3.55. The van der Waals surface area contributed by atoms with Crippen molar-refractivity contribution >= 4 is 0 Å². The van der Waals surface area contributed by atoms with Gasteiger partial charge < -0.3 is 9.84 Å². The maximum absolute atomic E-state index is 5.49. The first kappa shape index (κ1) is 16.4. The average molecular weight is 352 g/mol. The van der Waals surface area contributed by atoms with Crippen molar-refractivity contribution in [2.75, 3.05) is 13.1 Å². The number of nitrogens with zero attached hydrogens (tertiary/aromatic N) is 3. The Balaban J connectivity index is 1.49. The number of nitrogens with one attached hydrogen (secondary N) is 1. The summed E-state index contributed by atoms with van der Waals surface area (Å²) >= 11 is 0. The molecule has 0 aromatic carbocycles. The highest BCUT2D eigenvalue weighted by Crippen LogP contribution is 2.52. The van der Waals surface area contributed by atoms with Crippen LogP contribution in [0.3, 0.4) is 0 Å². The van der Waals surface area contributed by atoms with E-state index >= 15 is 0 Å². The Bertz CT molecular complexity index is 827. The van der Waals surface area contributed by atoms with Gasteiger partial charge in [0.05, 0.1) is 0 Å². The van der Waals surface area contributed by atoms with Crippen LogP contribution < -0.4 is 5.32 Å². The van der Waals surface area contributed by atoms with Gasteiger partial charge in [-0.2, -0.15) is 4.98 Å². The molecule has 2 saturated carbocycles. The van der Waals surface area contributed by atoms with Gasteiger partial charge in [-0.3, -0.25) is 4.98 Å². The van der Waals surface area contributed by atoms with Crippen LogP contribution in [0.4, 0.5) is 0 Å². The Morgan fingerprint density at radius 3 is 2.50 bits per heavy atom. The Hall–Kier alpha value is -1.75. The number of rotatable bonds is 3. The molecule has 3 fully saturated rings. The molecule has 0 amide bonds. The van der Waals surface area contributed by atoms with E-state index in [-0.39, 0.29) is 5.41 Å². The lowest BCUT2D eigenvalue weighted by Gasteiger charge is -2.39. The van der Waals surface area contributed by atoms with Crippen LogP contribution in [0.1, 0.15) is 81.7 Å². The third kappa shape index (κ3) is 2.77. The number of aromatic nitrogens is 3. The van der Waals surface area contributed by atoms with Crippen molar-refractivity contribution in [3.8, 4) is 11.5 Å². The van der Waals surface area contributed by atoms with Gasteiger partial charge >= 0.3 is 0 Å². The Morgan fingerprint density at radius 1 is 1.12 bits per heavy atom. The summed E-state index contributed by atoms with van der Waals surface area (Å²) < 4.78 is 5.49. The van der Waals surface area contributed by atoms with Crippen LogP contribution in [0.2, 0.25) is 0 Å². The highest BCUT2D eigenvalue weighted by molar-refractivity contribution is 5.53. The van der Waals surface area contributed by atoms with Crippen LogP contribution >= 0.6 is 0 Å². The standard InChI is InChI=1S/C21H28N4O/c1-20(2,3)19-24-18(25-26-19)17-8-15(16(10-23-17)13-4-5-13)14-6-7-21(9-14)11-22-12-21/h8,10,13-14,22H,4-7,9,11-12H2,1-3H3. The lowest BCUT2D eigenvalue weighted by molar-refractivity contribution is 0.175. The summed E-state index contributed by atoms with van der Waals surface area (Å²) in [5.41, 5.74) is 4.25. The summed E-state index contributed by atoms with van der Waals surface area (Å²) in [6.45, 7) is 8.65. The van der Waals surface area contributed by atoms with Gasteiger partial charge in [0.2, 0.25) is 11.7 Å². The monoisotopic (exact) mass is 352 g/mol. The molecule has 1 spiro atoms. The number of hydrogen-bond acceptors (Lipinski definition) is 5. The van der Waals surface area contributed by atoms with Crippen LogP contribution in [0.15, 0.2) is 16.8 Å². The summed E-state index contributed by atoms with van der Waals surface area (Å²) in [6, 6.07) is 2.26. The molecule has 0 radical (unpaired) electrons. The van der Waals surface area contributed by atoms with Crippen molar-refractivity contribution in [1.82, 2.24) is 20.4 Å². The Labute approximate surface area is 155 Å². The van der Waals surface area contributed by atoms with E-state index in [1.807, 2.05) is 0 Å². The molecule has 2 aliphatic carbocycles. The van der Waals surface area contributed by atoms with Crippen molar-refractivity contribution in [1.29, 1.82) is 0 Å². The van der Waals surface area contributed by atoms with Gasteiger partial charge in [-0.25, -0.2) is 0 Å². The van der Waals surface area contributed by atoms with E-state index in [1.54, 1.807) is 0 Å². The maximum atomic E-state index is 5.49. The highest BCUT2D eigenvalue weighted by Gasteiger charge is 2.45. The fourth-order valence-electron chi connectivity index (χ4n) is 4.60. The molecule has 1 atom stereocenters. The molecule has 3 aliphatic rings. The molecule has 26 heavy (non-hydrogen) atoms. The quantitative estimate of drug-likeness (QED) is 0.898. The predicted octanol–water partition coefficient (Wildman–Crippen LogP) is 4.16. The van der Waals surface area contributed by atoms with E-state index in [0.29, 0.717) is 23.0 Å². The molecule has 3 heterocycles. The fraction of sp³-hybridized carbons (Fsp3) is 0.667. The number of hydrogen-bond donors (Lipinski definition) is 1. The number of pyridine rings is 1. The van der Waals surface area contributed by atoms with E-state index in [9.17, 15) is 0 Å². The first-order chi connectivity index (χ1) is 12.4. The minimum absolute atomic E-state index is 0.142. The maximum Gasteiger partial charge on any atom is 0.232 e. The fourth-order valence-corrected chi connectivity index (χ4v) is 4.60. The average Bonchev–Trinajstić information content (AvgIpc) is 3.11. The molecule has 5 rings (SSSR count). The molecule has 2 aromatic heterocycles. The van der Waals surface area contributed by atoms with Crippen LogP contribution in [-0.2, 0) is 5.41 Å². The van der Waals surface area contributed by atoms with E-state index in [2.05, 4.69) is 48.5 Å². The molecule has 138 valence electrons. The SMILES string of the molecule is CC(C)(C)c1nc(-c2cc(C3CCC4(CNC4)C3)c(C3CC3)cn2)no1. The molecule has 1 N–H and O–H groups in total. The van der Waals surface area contributed by atoms with E-state index in [0.717, 1.165) is 11.6 Å². The van der Waals surface area contributed by atoms with Crippen molar-refractivity contribution in [3.63, 3.8) is 0 Å². The molecular formula is C21H28N4O. The third-order valence-corrected chi connectivity index (χ3v) is 6.42. The van der Waals surface area contributed by atoms with Crippen LogP contribution in [0.25, 0.3) is 11.5 Å². The van der Waals surface area contributed by atoms with Gasteiger partial charge in [-0.1, -0.05) is 25.9 Å². The summed E-state index contributed by atoms with van der Waals surface area (Å²) in [5, 5.41) is 7.68. The van der Waals surface area contributed by atoms with Crippen LogP contribution in [-0.4, -0.2) is 28.2 Å². The van der Waals surface area contributed by atoms with Gasteiger partial charge in [0, 0.05) is 24.7 Å². The molecular weight excluding hydrogens is 324 g/mol. The van der Waals surface area contributed by atoms with Gasteiger partial charge in [-0.15, -0.1) is 0 Å². The largest absolute Gasteiger partial charge is 0.338 e. The second kappa shape index (κ2) is 5.62. The van der Waals surface area contributed by atoms with Gasteiger partial charge in [0.15, 0.2) is 0 Å². The zero-order valence-electron chi connectivity index (χ0n) is 16.0. The minimum atomic E-state index is -0.142. The van der Waals surface area contributed by atoms with Gasteiger partial charge in [0.1, 0.15) is 5.69 Å². The lowest BCUT2D eigenvalue weighted by atomic mass is 9.78. The molecule has 1 saturated heterocycles.